The summed E-state index contributed by atoms with van der Waals surface area (Å²) in [5, 5.41) is 5.15. The highest BCUT2D eigenvalue weighted by atomic mass is 79.9. The molecule has 0 saturated carbocycles. The van der Waals surface area contributed by atoms with Crippen LogP contribution >= 0.6 is 31.9 Å². The van der Waals surface area contributed by atoms with E-state index in [0.29, 0.717) is 20.2 Å². The third kappa shape index (κ3) is 7.00. The Labute approximate surface area is 275 Å². The standard InChI is InChI=1S/C34H27Br2N3O6/c1-4-20-11-8-12-25-29(21-9-6-5-7-10-21)31(38-30(20)25)33(41)39-37-18-23-15-24(35)17-26(36)32(23)45-34(42)22-13-14-27(44-19(2)40)28(16-22)43-3/h5-18,38H,4H2,1-3H3,(H,39,41). The van der Waals surface area contributed by atoms with Crippen LogP contribution in [0.5, 0.6) is 17.2 Å². The maximum atomic E-state index is 13.5. The summed E-state index contributed by atoms with van der Waals surface area (Å²) >= 11 is 6.90. The quantitative estimate of drug-likeness (QED) is 0.0690. The topological polar surface area (TPSA) is 119 Å². The number of hydrogen-bond acceptors (Lipinski definition) is 7. The van der Waals surface area contributed by atoms with Crippen molar-refractivity contribution in [2.75, 3.05) is 7.11 Å². The number of carbonyl (C=O) groups is 3. The second-order valence-corrected chi connectivity index (χ2v) is 11.6. The van der Waals surface area contributed by atoms with Crippen LogP contribution in [0.1, 0.15) is 45.8 Å². The van der Waals surface area contributed by atoms with Crippen LogP contribution in [0.3, 0.4) is 0 Å². The average molecular weight is 733 g/mol. The van der Waals surface area contributed by atoms with Crippen molar-refractivity contribution < 1.29 is 28.6 Å². The Kier molecular flexibility index (Phi) is 9.80. The van der Waals surface area contributed by atoms with E-state index in [0.717, 1.165) is 34.0 Å². The van der Waals surface area contributed by atoms with E-state index in [1.54, 1.807) is 12.1 Å². The summed E-state index contributed by atoms with van der Waals surface area (Å²) in [6, 6.07) is 23.4. The van der Waals surface area contributed by atoms with Crippen molar-refractivity contribution in [2.45, 2.75) is 20.3 Å². The predicted molar refractivity (Wildman–Crippen MR) is 179 cm³/mol. The number of hydrogen-bond donors (Lipinski definition) is 2. The van der Waals surface area contributed by atoms with Crippen LogP contribution < -0.4 is 19.6 Å². The Morgan fingerprint density at radius 1 is 0.933 bits per heavy atom. The van der Waals surface area contributed by atoms with E-state index in [4.69, 9.17) is 14.2 Å². The molecule has 1 aromatic heterocycles. The number of fused-ring (bicyclic) bond motifs is 1. The number of nitrogens with one attached hydrogen (secondary N) is 2. The van der Waals surface area contributed by atoms with Crippen molar-refractivity contribution in [2.24, 2.45) is 5.10 Å². The average Bonchev–Trinajstić information content (AvgIpc) is 3.43. The van der Waals surface area contributed by atoms with E-state index in [2.05, 4.69) is 54.3 Å². The van der Waals surface area contributed by atoms with E-state index >= 15 is 0 Å². The molecule has 2 N–H and O–H groups in total. The summed E-state index contributed by atoms with van der Waals surface area (Å²) in [5.41, 5.74) is 7.23. The number of ether oxygens (including phenoxy) is 3. The number of rotatable bonds is 9. The fraction of sp³-hybridized carbons (Fsp3) is 0.118. The van der Waals surface area contributed by atoms with Gasteiger partial charge in [-0.1, -0.05) is 71.4 Å². The number of esters is 2. The number of H-pyrrole nitrogens is 1. The highest BCUT2D eigenvalue weighted by Gasteiger charge is 2.21. The van der Waals surface area contributed by atoms with Gasteiger partial charge in [-0.25, -0.2) is 10.2 Å². The molecule has 0 spiro atoms. The Hall–Kier alpha value is -4.74. The van der Waals surface area contributed by atoms with Crippen LogP contribution in [-0.4, -0.2) is 36.2 Å². The molecule has 9 nitrogen and oxygen atoms in total. The van der Waals surface area contributed by atoms with Gasteiger partial charge in [-0.05, 0) is 63.8 Å². The number of para-hydroxylation sites is 1. The lowest BCUT2D eigenvalue weighted by Crippen LogP contribution is -2.19. The van der Waals surface area contributed by atoms with E-state index in [1.165, 1.54) is 38.4 Å². The van der Waals surface area contributed by atoms with Crippen LogP contribution in [0.25, 0.3) is 22.0 Å². The molecule has 5 rings (SSSR count). The minimum absolute atomic E-state index is 0.160. The largest absolute Gasteiger partial charge is 0.493 e. The van der Waals surface area contributed by atoms with E-state index < -0.39 is 17.8 Å². The molecule has 11 heteroatoms. The SMILES string of the molecule is CCc1cccc2c(-c3ccccc3)c(C(=O)NN=Cc3cc(Br)cc(Br)c3OC(=O)c3ccc(OC(C)=O)c(OC)c3)[nH]c12. The van der Waals surface area contributed by atoms with Gasteiger partial charge in [0.2, 0.25) is 0 Å². The third-order valence-electron chi connectivity index (χ3n) is 6.85. The number of benzene rings is 4. The maximum absolute atomic E-state index is 13.5. The summed E-state index contributed by atoms with van der Waals surface area (Å²) in [6.45, 7) is 3.33. The van der Waals surface area contributed by atoms with Crippen LogP contribution in [0.2, 0.25) is 0 Å². The lowest BCUT2D eigenvalue weighted by Gasteiger charge is -2.12. The predicted octanol–water partition coefficient (Wildman–Crippen LogP) is 7.84. The van der Waals surface area contributed by atoms with Crippen molar-refractivity contribution in [1.82, 2.24) is 10.4 Å². The fourth-order valence-electron chi connectivity index (χ4n) is 4.83. The number of aromatic nitrogens is 1. The number of aromatic amines is 1. The summed E-state index contributed by atoms with van der Waals surface area (Å²) in [6.07, 6.45) is 2.19. The number of aryl methyl sites for hydroxylation is 1. The van der Waals surface area contributed by atoms with Crippen LogP contribution in [0.4, 0.5) is 0 Å². The van der Waals surface area contributed by atoms with Crippen molar-refractivity contribution in [3.05, 3.63) is 110 Å². The first-order valence-corrected chi connectivity index (χ1v) is 15.4. The number of carbonyl (C=O) groups excluding carboxylic acids is 3. The molecule has 0 fully saturated rings. The molecule has 45 heavy (non-hydrogen) atoms. The molecule has 0 unspecified atom stereocenters. The Morgan fingerprint density at radius 3 is 2.42 bits per heavy atom. The number of halogens is 2. The van der Waals surface area contributed by atoms with Gasteiger partial charge in [0.15, 0.2) is 17.2 Å². The van der Waals surface area contributed by atoms with E-state index in [9.17, 15) is 14.4 Å². The zero-order valence-electron chi connectivity index (χ0n) is 24.4. The van der Waals surface area contributed by atoms with Crippen LogP contribution in [0, 0.1) is 0 Å². The van der Waals surface area contributed by atoms with E-state index in [1.807, 2.05) is 48.5 Å². The van der Waals surface area contributed by atoms with Crippen LogP contribution in [-0.2, 0) is 11.2 Å². The highest BCUT2D eigenvalue weighted by Crippen LogP contribution is 2.35. The molecule has 4 aromatic carbocycles. The third-order valence-corrected chi connectivity index (χ3v) is 7.89. The number of hydrazone groups is 1. The minimum Gasteiger partial charge on any atom is -0.493 e. The smallest absolute Gasteiger partial charge is 0.343 e. The highest BCUT2D eigenvalue weighted by molar-refractivity contribution is 9.11. The first kappa shape index (κ1) is 31.7. The molecule has 228 valence electrons. The molecule has 5 aromatic rings. The van der Waals surface area contributed by atoms with Gasteiger partial charge in [-0.15, -0.1) is 0 Å². The number of amides is 1. The van der Waals surface area contributed by atoms with Gasteiger partial charge in [0, 0.05) is 33.4 Å². The summed E-state index contributed by atoms with van der Waals surface area (Å²) in [7, 11) is 1.40. The molecule has 0 atom stereocenters. The molecular weight excluding hydrogens is 706 g/mol. The van der Waals surface area contributed by atoms with Gasteiger partial charge in [0.05, 0.1) is 23.4 Å². The maximum Gasteiger partial charge on any atom is 0.343 e. The Bertz CT molecular complexity index is 1950. The van der Waals surface area contributed by atoms with Gasteiger partial charge >= 0.3 is 11.9 Å². The molecule has 0 aliphatic rings. The van der Waals surface area contributed by atoms with Crippen molar-refractivity contribution >= 4 is 66.8 Å². The normalized spacial score (nSPS) is 11.0. The Balaban J connectivity index is 1.43. The number of nitrogens with zero attached hydrogens (tertiary/aromatic N) is 1. The zero-order valence-corrected chi connectivity index (χ0v) is 27.6. The van der Waals surface area contributed by atoms with Gasteiger partial charge < -0.3 is 19.2 Å². The van der Waals surface area contributed by atoms with Gasteiger partial charge in [0.1, 0.15) is 5.69 Å². The monoisotopic (exact) mass is 731 g/mol. The van der Waals surface area contributed by atoms with E-state index in [-0.39, 0.29) is 22.8 Å². The molecule has 1 amide bonds. The van der Waals surface area contributed by atoms with Gasteiger partial charge in [0.25, 0.3) is 5.91 Å². The summed E-state index contributed by atoms with van der Waals surface area (Å²) < 4.78 is 17.3. The zero-order chi connectivity index (χ0) is 32.1. The molecule has 0 aliphatic heterocycles. The molecule has 0 aliphatic carbocycles. The second kappa shape index (κ2) is 13.9. The van der Waals surface area contributed by atoms with Gasteiger partial charge in [-0.3, -0.25) is 9.59 Å². The van der Waals surface area contributed by atoms with Gasteiger partial charge in [-0.2, -0.15) is 5.10 Å². The summed E-state index contributed by atoms with van der Waals surface area (Å²) in [5.74, 6) is -1.11. The summed E-state index contributed by atoms with van der Waals surface area (Å²) in [4.78, 5) is 41.4. The lowest BCUT2D eigenvalue weighted by atomic mass is 10.00. The van der Waals surface area contributed by atoms with Crippen molar-refractivity contribution in [3.63, 3.8) is 0 Å². The number of methoxy groups -OCH3 is 1. The molecule has 0 saturated heterocycles. The fourth-order valence-corrected chi connectivity index (χ4v) is 6.17. The van der Waals surface area contributed by atoms with Crippen molar-refractivity contribution in [3.8, 4) is 28.4 Å². The minimum atomic E-state index is -0.693. The lowest BCUT2D eigenvalue weighted by molar-refractivity contribution is -0.132. The molecule has 0 bridgehead atoms. The Morgan fingerprint density at radius 2 is 1.71 bits per heavy atom. The molecule has 0 radical (unpaired) electrons. The first-order valence-electron chi connectivity index (χ1n) is 13.8. The first-order chi connectivity index (χ1) is 21.7. The molecular formula is C34H27Br2N3O6. The molecule has 1 heterocycles. The van der Waals surface area contributed by atoms with Crippen molar-refractivity contribution in [1.29, 1.82) is 0 Å². The second-order valence-electron chi connectivity index (χ2n) is 9.79. The van der Waals surface area contributed by atoms with Crippen LogP contribution in [0.15, 0.2) is 92.9 Å².